The van der Waals surface area contributed by atoms with Crippen LogP contribution >= 0.6 is 0 Å². The van der Waals surface area contributed by atoms with Crippen molar-refractivity contribution in [3.05, 3.63) is 84.2 Å². The monoisotopic (exact) mass is 549 g/mol. The third-order valence-electron chi connectivity index (χ3n) is 7.45. The molecule has 4 aromatic rings. The number of rotatable bonds is 8. The maximum Gasteiger partial charge on any atom is 0.240 e. The van der Waals surface area contributed by atoms with E-state index in [1.807, 2.05) is 37.3 Å². The Morgan fingerprint density at radius 3 is 2.44 bits per heavy atom. The zero-order valence-corrected chi connectivity index (χ0v) is 22.7. The highest BCUT2D eigenvalue weighted by molar-refractivity contribution is 7.89. The summed E-state index contributed by atoms with van der Waals surface area (Å²) in [5.74, 6) is 0.171. The molecule has 204 valence electrons. The van der Waals surface area contributed by atoms with Crippen LogP contribution in [0.3, 0.4) is 0 Å². The fourth-order valence-corrected chi connectivity index (χ4v) is 6.54. The number of carbonyl (C=O) groups excluding carboxylic acids is 1. The van der Waals surface area contributed by atoms with Gasteiger partial charge in [-0.05, 0) is 80.6 Å². The van der Waals surface area contributed by atoms with Crippen molar-refractivity contribution in [2.24, 2.45) is 5.92 Å². The Morgan fingerprint density at radius 1 is 1.00 bits per heavy atom. The first-order valence-corrected chi connectivity index (χ1v) is 14.6. The average molecular weight is 550 g/mol. The van der Waals surface area contributed by atoms with Gasteiger partial charge in [-0.15, -0.1) is 0 Å². The lowest BCUT2D eigenvalue weighted by Gasteiger charge is -2.29. The number of ether oxygens (including phenoxy) is 1. The number of carbonyl (C=O) groups is 1. The summed E-state index contributed by atoms with van der Waals surface area (Å²) >= 11 is 0. The first-order valence-electron chi connectivity index (χ1n) is 13.1. The molecule has 0 saturated heterocycles. The summed E-state index contributed by atoms with van der Waals surface area (Å²) in [5.41, 5.74) is 3.29. The van der Waals surface area contributed by atoms with E-state index in [9.17, 15) is 17.6 Å². The molecule has 9 heteroatoms. The second kappa shape index (κ2) is 11.2. The quantitative estimate of drug-likeness (QED) is 0.263. The van der Waals surface area contributed by atoms with E-state index in [1.54, 1.807) is 37.4 Å². The van der Waals surface area contributed by atoms with Crippen LogP contribution in [-0.4, -0.2) is 32.5 Å². The number of hydrogen-bond donors (Lipinski definition) is 3. The highest BCUT2D eigenvalue weighted by Crippen LogP contribution is 2.32. The Bertz CT molecular complexity index is 1580. The number of amides is 1. The first kappa shape index (κ1) is 26.9. The van der Waals surface area contributed by atoms with Gasteiger partial charge in [0, 0.05) is 28.4 Å². The van der Waals surface area contributed by atoms with Gasteiger partial charge < -0.3 is 15.0 Å². The molecule has 1 fully saturated rings. The summed E-state index contributed by atoms with van der Waals surface area (Å²) in [6, 6.07) is 20.3. The smallest absolute Gasteiger partial charge is 0.240 e. The molecule has 3 aromatic carbocycles. The molecule has 3 N–H and O–H groups in total. The molecule has 0 aliphatic heterocycles. The number of fused-ring (bicyclic) bond motifs is 1. The number of aromatic nitrogens is 1. The van der Waals surface area contributed by atoms with E-state index < -0.39 is 10.0 Å². The molecule has 1 amide bonds. The predicted octanol–water partition coefficient (Wildman–Crippen LogP) is 5.70. The van der Waals surface area contributed by atoms with E-state index >= 15 is 0 Å². The zero-order valence-electron chi connectivity index (χ0n) is 21.9. The average Bonchev–Trinajstić information content (AvgIpc) is 3.37. The van der Waals surface area contributed by atoms with Gasteiger partial charge in [0.15, 0.2) is 0 Å². The second-order valence-electron chi connectivity index (χ2n) is 10.1. The number of aromatic amines is 1. The van der Waals surface area contributed by atoms with Crippen LogP contribution in [0.2, 0.25) is 0 Å². The van der Waals surface area contributed by atoms with Gasteiger partial charge >= 0.3 is 0 Å². The Morgan fingerprint density at radius 2 is 1.72 bits per heavy atom. The highest BCUT2D eigenvalue weighted by Gasteiger charge is 2.30. The standard InChI is InChI=1S/C30H32FN3O4S/c1-19(20-7-12-23(31)13-8-20)32-30(35)21-9-14-24(15-10-21)34-39(36,37)25-16-11-22-17-28(33-27(22)18-25)26-5-3-4-6-29(26)38-2/h3-8,11-13,16-19,21,24,33-34H,9-10,14-15H2,1-2H3,(H,32,35)/t19-,21-,24-/m1/s1. The number of para-hydroxylation sites is 1. The molecule has 7 nitrogen and oxygen atoms in total. The molecule has 0 bridgehead atoms. The van der Waals surface area contributed by atoms with Gasteiger partial charge in [0.2, 0.25) is 15.9 Å². The van der Waals surface area contributed by atoms with E-state index in [2.05, 4.69) is 15.0 Å². The van der Waals surface area contributed by atoms with Crippen LogP contribution in [0.1, 0.15) is 44.2 Å². The second-order valence-corrected chi connectivity index (χ2v) is 11.8. The van der Waals surface area contributed by atoms with Crippen molar-refractivity contribution in [2.45, 2.75) is 49.6 Å². The summed E-state index contributed by atoms with van der Waals surface area (Å²) in [5, 5.41) is 3.90. The molecule has 5 rings (SSSR count). The number of H-pyrrole nitrogens is 1. The van der Waals surface area contributed by atoms with E-state index in [0.29, 0.717) is 25.7 Å². The largest absolute Gasteiger partial charge is 0.496 e. The van der Waals surface area contributed by atoms with Crippen molar-refractivity contribution in [2.75, 3.05) is 7.11 Å². The van der Waals surface area contributed by atoms with Crippen molar-refractivity contribution in [1.82, 2.24) is 15.0 Å². The fourth-order valence-electron chi connectivity index (χ4n) is 5.21. The molecule has 1 aliphatic carbocycles. The molecule has 1 saturated carbocycles. The Hall–Kier alpha value is -3.69. The van der Waals surface area contributed by atoms with E-state index in [4.69, 9.17) is 4.74 Å². The Labute approximate surface area is 227 Å². The number of halogens is 1. The van der Waals surface area contributed by atoms with Gasteiger partial charge in [-0.1, -0.05) is 30.3 Å². The molecule has 1 heterocycles. The minimum Gasteiger partial charge on any atom is -0.496 e. The van der Waals surface area contributed by atoms with E-state index in [1.165, 1.54) is 12.1 Å². The van der Waals surface area contributed by atoms with Crippen LogP contribution in [0.4, 0.5) is 4.39 Å². The predicted molar refractivity (Wildman–Crippen MR) is 149 cm³/mol. The number of hydrogen-bond acceptors (Lipinski definition) is 4. The highest BCUT2D eigenvalue weighted by atomic mass is 32.2. The van der Waals surface area contributed by atoms with Crippen LogP contribution in [0.5, 0.6) is 5.75 Å². The maximum absolute atomic E-state index is 13.2. The molecule has 1 aliphatic rings. The van der Waals surface area contributed by atoms with Crippen LogP contribution < -0.4 is 14.8 Å². The summed E-state index contributed by atoms with van der Waals surface area (Å²) in [6.45, 7) is 1.87. The van der Waals surface area contributed by atoms with Gasteiger partial charge in [-0.25, -0.2) is 17.5 Å². The maximum atomic E-state index is 13.2. The van der Waals surface area contributed by atoms with Gasteiger partial charge in [-0.3, -0.25) is 4.79 Å². The van der Waals surface area contributed by atoms with Crippen molar-refractivity contribution in [3.8, 4) is 17.0 Å². The molecule has 1 aromatic heterocycles. The molecule has 1 atom stereocenters. The molecule has 39 heavy (non-hydrogen) atoms. The summed E-state index contributed by atoms with van der Waals surface area (Å²) < 4.78 is 47.9. The SMILES string of the molecule is COc1ccccc1-c1cc2ccc(S(=O)(=O)N[C@H]3CC[C@H](C(=O)N[C@H](C)c4ccc(F)cc4)CC3)cc2[nH]1. The van der Waals surface area contributed by atoms with Crippen molar-refractivity contribution >= 4 is 26.8 Å². The fraction of sp³-hybridized carbons (Fsp3) is 0.300. The van der Waals surface area contributed by atoms with Crippen LogP contribution in [-0.2, 0) is 14.8 Å². The normalized spacial score (nSPS) is 18.5. The summed E-state index contributed by atoms with van der Waals surface area (Å²) in [4.78, 5) is 16.3. The number of benzene rings is 3. The number of methoxy groups -OCH3 is 1. The third-order valence-corrected chi connectivity index (χ3v) is 8.97. The van der Waals surface area contributed by atoms with Crippen molar-refractivity contribution in [3.63, 3.8) is 0 Å². The van der Waals surface area contributed by atoms with Gasteiger partial charge in [0.25, 0.3) is 0 Å². The molecular weight excluding hydrogens is 517 g/mol. The molecule has 0 unspecified atom stereocenters. The van der Waals surface area contributed by atoms with Crippen molar-refractivity contribution in [1.29, 1.82) is 0 Å². The molecule has 0 radical (unpaired) electrons. The number of nitrogens with one attached hydrogen (secondary N) is 3. The summed E-state index contributed by atoms with van der Waals surface area (Å²) in [6.07, 6.45) is 2.33. The molecule has 0 spiro atoms. The number of sulfonamides is 1. The Balaban J connectivity index is 1.21. The minimum atomic E-state index is -3.74. The van der Waals surface area contributed by atoms with Gasteiger partial charge in [-0.2, -0.15) is 0 Å². The van der Waals surface area contributed by atoms with E-state index in [0.717, 1.165) is 33.5 Å². The minimum absolute atomic E-state index is 0.0591. The van der Waals surface area contributed by atoms with Gasteiger partial charge in [0.1, 0.15) is 11.6 Å². The van der Waals surface area contributed by atoms with E-state index in [-0.39, 0.29) is 34.6 Å². The lowest BCUT2D eigenvalue weighted by molar-refractivity contribution is -0.126. The Kier molecular flexibility index (Phi) is 7.72. The van der Waals surface area contributed by atoms with Gasteiger partial charge in [0.05, 0.1) is 23.7 Å². The molecular formula is C30H32FN3O4S. The lowest BCUT2D eigenvalue weighted by Crippen LogP contribution is -2.41. The van der Waals surface area contributed by atoms with Crippen LogP contribution in [0.25, 0.3) is 22.2 Å². The summed E-state index contributed by atoms with van der Waals surface area (Å²) in [7, 11) is -2.12. The topological polar surface area (TPSA) is 100 Å². The van der Waals surface area contributed by atoms with Crippen LogP contribution in [0.15, 0.2) is 77.7 Å². The third kappa shape index (κ3) is 5.99. The van der Waals surface area contributed by atoms with Crippen LogP contribution in [0, 0.1) is 11.7 Å². The lowest BCUT2D eigenvalue weighted by atomic mass is 9.85. The van der Waals surface area contributed by atoms with Crippen molar-refractivity contribution < 1.29 is 22.3 Å². The first-order chi connectivity index (χ1) is 18.7. The zero-order chi connectivity index (χ0) is 27.6.